The van der Waals surface area contributed by atoms with Crippen LogP contribution in [-0.4, -0.2) is 28.8 Å². The molecule has 0 aliphatic carbocycles. The van der Waals surface area contributed by atoms with Crippen molar-refractivity contribution in [3.63, 3.8) is 0 Å². The predicted octanol–water partition coefficient (Wildman–Crippen LogP) is 2.58. The zero-order valence-electron chi connectivity index (χ0n) is 13.3. The fourth-order valence-corrected chi connectivity index (χ4v) is 3.01. The Bertz CT molecular complexity index is 727. The first-order valence-electron chi connectivity index (χ1n) is 7.72. The second-order valence-electron chi connectivity index (χ2n) is 5.75. The van der Waals surface area contributed by atoms with Crippen molar-refractivity contribution in [1.29, 1.82) is 0 Å². The largest absolute Gasteiger partial charge is 0.371 e. The molecule has 0 fully saturated rings. The van der Waals surface area contributed by atoms with E-state index in [4.69, 9.17) is 16.3 Å². The molecule has 1 aliphatic rings. The number of halogens is 1. The summed E-state index contributed by atoms with van der Waals surface area (Å²) >= 11 is 6.10. The molecule has 6 heteroatoms. The molecule has 0 unspecified atom stereocenters. The molecule has 0 radical (unpaired) electrons. The minimum atomic E-state index is -0.0982. The smallest absolute Gasteiger partial charge is 0.241 e. The molecule has 1 N–H and O–H groups in total. The molecule has 1 aromatic heterocycles. The number of hydrogen-bond donors (Lipinski definition) is 1. The molecule has 0 saturated heterocycles. The molecule has 2 aromatic rings. The van der Waals surface area contributed by atoms with Gasteiger partial charge in [0.15, 0.2) is 0 Å². The van der Waals surface area contributed by atoms with Crippen LogP contribution in [0.1, 0.15) is 28.6 Å². The highest BCUT2D eigenvalue weighted by molar-refractivity contribution is 6.31. The summed E-state index contributed by atoms with van der Waals surface area (Å²) in [5, 5.41) is 7.82. The van der Waals surface area contributed by atoms with Crippen molar-refractivity contribution < 1.29 is 9.53 Å². The number of amides is 1. The highest BCUT2D eigenvalue weighted by atomic mass is 35.5. The van der Waals surface area contributed by atoms with Gasteiger partial charge in [-0.1, -0.05) is 35.9 Å². The summed E-state index contributed by atoms with van der Waals surface area (Å²) in [5.41, 5.74) is 4.00. The zero-order chi connectivity index (χ0) is 16.4. The van der Waals surface area contributed by atoms with Crippen LogP contribution in [-0.2, 0) is 22.5 Å². The fourth-order valence-electron chi connectivity index (χ4n) is 2.87. The van der Waals surface area contributed by atoms with E-state index in [0.717, 1.165) is 23.4 Å². The number of carbonyl (C=O) groups is 1. The highest BCUT2D eigenvalue weighted by Crippen LogP contribution is 2.26. The van der Waals surface area contributed by atoms with Crippen LogP contribution in [0.3, 0.4) is 0 Å². The van der Waals surface area contributed by atoms with Gasteiger partial charge in [-0.2, -0.15) is 5.10 Å². The molecule has 1 aromatic carbocycles. The topological polar surface area (TPSA) is 56.2 Å². The number of aryl methyl sites for hydroxylation is 1. The molecule has 122 valence electrons. The molecule has 1 aliphatic heterocycles. The third kappa shape index (κ3) is 3.41. The molecule has 0 spiro atoms. The number of carbonyl (C=O) groups excluding carboxylic acids is 1. The highest BCUT2D eigenvalue weighted by Gasteiger charge is 2.21. The molecule has 0 bridgehead atoms. The summed E-state index contributed by atoms with van der Waals surface area (Å²) in [6.07, 6.45) is 0.832. The van der Waals surface area contributed by atoms with Crippen LogP contribution in [0.4, 0.5) is 0 Å². The molecule has 0 saturated carbocycles. The van der Waals surface area contributed by atoms with E-state index in [-0.39, 0.29) is 18.6 Å². The summed E-state index contributed by atoms with van der Waals surface area (Å²) in [4.78, 5) is 12.2. The number of nitrogens with zero attached hydrogens (tertiary/aromatic N) is 2. The van der Waals surface area contributed by atoms with Gasteiger partial charge < -0.3 is 10.1 Å². The van der Waals surface area contributed by atoms with Crippen LogP contribution >= 0.6 is 11.6 Å². The Morgan fingerprint density at radius 2 is 2.22 bits per heavy atom. The molecule has 5 nitrogen and oxygen atoms in total. The van der Waals surface area contributed by atoms with E-state index < -0.39 is 0 Å². The van der Waals surface area contributed by atoms with Gasteiger partial charge in [0.05, 0.1) is 23.0 Å². The quantitative estimate of drug-likeness (QED) is 0.935. The second kappa shape index (κ2) is 6.72. The van der Waals surface area contributed by atoms with E-state index in [2.05, 4.69) is 22.5 Å². The van der Waals surface area contributed by atoms with Gasteiger partial charge in [-0.3, -0.25) is 9.48 Å². The van der Waals surface area contributed by atoms with Crippen molar-refractivity contribution in [3.8, 4) is 0 Å². The van der Waals surface area contributed by atoms with Gasteiger partial charge in [-0.05, 0) is 31.4 Å². The van der Waals surface area contributed by atoms with E-state index in [1.54, 1.807) is 4.68 Å². The zero-order valence-corrected chi connectivity index (χ0v) is 14.1. The number of hydrogen-bond acceptors (Lipinski definition) is 3. The lowest BCUT2D eigenvalue weighted by Crippen LogP contribution is -2.34. The average molecular weight is 334 g/mol. The van der Waals surface area contributed by atoms with E-state index in [9.17, 15) is 4.79 Å². The Morgan fingerprint density at radius 3 is 2.96 bits per heavy atom. The molecule has 1 atom stereocenters. The Balaban J connectivity index is 1.61. The normalized spacial score (nSPS) is 16.9. The monoisotopic (exact) mass is 333 g/mol. The van der Waals surface area contributed by atoms with Gasteiger partial charge in [-0.25, -0.2) is 0 Å². The van der Waals surface area contributed by atoms with E-state index in [0.29, 0.717) is 18.2 Å². The SMILES string of the molecule is Cc1nn(CC(=O)NC[C@@H]2OCCc3ccccc32)c(C)c1Cl. The maximum atomic E-state index is 12.2. The van der Waals surface area contributed by atoms with Crippen molar-refractivity contribution in [2.24, 2.45) is 0 Å². The van der Waals surface area contributed by atoms with Crippen LogP contribution in [0.15, 0.2) is 24.3 Å². The third-order valence-corrected chi connectivity index (χ3v) is 4.71. The Hall–Kier alpha value is -1.85. The summed E-state index contributed by atoms with van der Waals surface area (Å²) in [5.74, 6) is -0.0982. The van der Waals surface area contributed by atoms with Crippen molar-refractivity contribution in [3.05, 3.63) is 51.8 Å². The molecular formula is C17H20ClN3O2. The number of rotatable bonds is 4. The fraction of sp³-hybridized carbons (Fsp3) is 0.412. The lowest BCUT2D eigenvalue weighted by Gasteiger charge is -2.26. The molecule has 23 heavy (non-hydrogen) atoms. The maximum Gasteiger partial charge on any atom is 0.241 e. The van der Waals surface area contributed by atoms with Crippen LogP contribution in [0.25, 0.3) is 0 Å². The Labute approximate surface area is 140 Å². The summed E-state index contributed by atoms with van der Waals surface area (Å²) < 4.78 is 7.42. The van der Waals surface area contributed by atoms with Gasteiger partial charge >= 0.3 is 0 Å². The van der Waals surface area contributed by atoms with Crippen LogP contribution in [0, 0.1) is 13.8 Å². The minimum absolute atomic E-state index is 0.0899. The summed E-state index contributed by atoms with van der Waals surface area (Å²) in [7, 11) is 0. The van der Waals surface area contributed by atoms with E-state index in [1.165, 1.54) is 5.56 Å². The number of benzene rings is 1. The predicted molar refractivity (Wildman–Crippen MR) is 88.6 cm³/mol. The van der Waals surface area contributed by atoms with E-state index >= 15 is 0 Å². The van der Waals surface area contributed by atoms with Gasteiger partial charge in [0.2, 0.25) is 5.91 Å². The van der Waals surface area contributed by atoms with Crippen molar-refractivity contribution in [1.82, 2.24) is 15.1 Å². The third-order valence-electron chi connectivity index (χ3n) is 4.16. The van der Waals surface area contributed by atoms with Crippen LogP contribution < -0.4 is 5.32 Å². The van der Waals surface area contributed by atoms with Crippen molar-refractivity contribution in [2.75, 3.05) is 13.2 Å². The van der Waals surface area contributed by atoms with Crippen LogP contribution in [0.5, 0.6) is 0 Å². The van der Waals surface area contributed by atoms with Gasteiger partial charge in [-0.15, -0.1) is 0 Å². The Morgan fingerprint density at radius 1 is 1.43 bits per heavy atom. The van der Waals surface area contributed by atoms with Crippen molar-refractivity contribution in [2.45, 2.75) is 32.9 Å². The number of aromatic nitrogens is 2. The first kappa shape index (κ1) is 16.0. The lowest BCUT2D eigenvalue weighted by molar-refractivity contribution is -0.122. The number of fused-ring (bicyclic) bond motifs is 1. The summed E-state index contributed by atoms with van der Waals surface area (Å²) in [6, 6.07) is 8.21. The van der Waals surface area contributed by atoms with Gasteiger partial charge in [0, 0.05) is 6.54 Å². The summed E-state index contributed by atoms with van der Waals surface area (Å²) in [6.45, 7) is 4.99. The Kier molecular flexibility index (Phi) is 4.68. The second-order valence-corrected chi connectivity index (χ2v) is 6.13. The minimum Gasteiger partial charge on any atom is -0.371 e. The number of nitrogens with one attached hydrogen (secondary N) is 1. The first-order valence-corrected chi connectivity index (χ1v) is 8.09. The first-order chi connectivity index (χ1) is 11.1. The van der Waals surface area contributed by atoms with E-state index in [1.807, 2.05) is 26.0 Å². The molecule has 2 heterocycles. The lowest BCUT2D eigenvalue weighted by atomic mass is 9.97. The van der Waals surface area contributed by atoms with Crippen LogP contribution in [0.2, 0.25) is 5.02 Å². The molecular weight excluding hydrogens is 314 g/mol. The standard InChI is InChI=1S/C17H20ClN3O2/c1-11-17(18)12(2)21(20-11)10-16(22)19-9-15-14-6-4-3-5-13(14)7-8-23-15/h3-6,15H,7-10H2,1-2H3,(H,19,22)/t15-/m0/s1. The molecule has 1 amide bonds. The van der Waals surface area contributed by atoms with Gasteiger partial charge in [0.25, 0.3) is 0 Å². The molecule has 3 rings (SSSR count). The maximum absolute atomic E-state index is 12.2. The van der Waals surface area contributed by atoms with Gasteiger partial charge in [0.1, 0.15) is 12.6 Å². The number of ether oxygens (including phenoxy) is 1. The van der Waals surface area contributed by atoms with Crippen molar-refractivity contribution >= 4 is 17.5 Å². The average Bonchev–Trinajstić information content (AvgIpc) is 2.80.